The van der Waals surface area contributed by atoms with Gasteiger partial charge in [0.1, 0.15) is 0 Å². The predicted molar refractivity (Wildman–Crippen MR) is 86.7 cm³/mol. The molecule has 1 N–H and O–H groups in total. The van der Waals surface area contributed by atoms with Crippen LogP contribution in [0.4, 0.5) is 0 Å². The molecule has 2 rings (SSSR count). The second kappa shape index (κ2) is 8.13. The van der Waals surface area contributed by atoms with Crippen molar-refractivity contribution in [1.82, 2.24) is 9.80 Å². The minimum Gasteiger partial charge on any atom is -0.395 e. The van der Waals surface area contributed by atoms with E-state index in [9.17, 15) is 0 Å². The van der Waals surface area contributed by atoms with E-state index < -0.39 is 0 Å². The van der Waals surface area contributed by atoms with Crippen molar-refractivity contribution in [1.29, 1.82) is 0 Å². The molecule has 0 amide bonds. The lowest BCUT2D eigenvalue weighted by Crippen LogP contribution is -2.38. The lowest BCUT2D eigenvalue weighted by Gasteiger charge is -2.33. The number of nitrogens with zero attached hydrogens (tertiary/aromatic N) is 2. The predicted octanol–water partition coefficient (Wildman–Crippen LogP) is 2.59. The largest absolute Gasteiger partial charge is 0.395 e. The summed E-state index contributed by atoms with van der Waals surface area (Å²) in [5.41, 5.74) is 1.37. The molecule has 0 atom stereocenters. The van der Waals surface area contributed by atoms with Crippen LogP contribution in [0, 0.1) is 5.92 Å². The number of hydrogen-bond acceptors (Lipinski definition) is 3. The summed E-state index contributed by atoms with van der Waals surface area (Å²) < 4.78 is 1.14. The van der Waals surface area contributed by atoms with Gasteiger partial charge in [0.2, 0.25) is 0 Å². The number of halogens is 1. The molecular weight excluding hydrogens is 316 g/mol. The molecule has 20 heavy (non-hydrogen) atoms. The molecule has 1 aromatic carbocycles. The number of aliphatic hydroxyl groups excluding tert-OH is 1. The molecule has 1 aliphatic rings. The van der Waals surface area contributed by atoms with Gasteiger partial charge in [0.15, 0.2) is 0 Å². The molecule has 0 saturated carbocycles. The molecule has 3 nitrogen and oxygen atoms in total. The van der Waals surface area contributed by atoms with E-state index in [2.05, 4.69) is 57.0 Å². The van der Waals surface area contributed by atoms with Gasteiger partial charge in [0.25, 0.3) is 0 Å². The zero-order valence-corrected chi connectivity index (χ0v) is 13.8. The number of rotatable bonds is 6. The van der Waals surface area contributed by atoms with E-state index in [1.807, 2.05) is 0 Å². The first-order chi connectivity index (χ1) is 9.67. The quantitative estimate of drug-likeness (QED) is 0.862. The summed E-state index contributed by atoms with van der Waals surface area (Å²) >= 11 is 3.47. The zero-order chi connectivity index (χ0) is 14.4. The molecule has 0 aliphatic carbocycles. The van der Waals surface area contributed by atoms with Crippen molar-refractivity contribution >= 4 is 15.9 Å². The molecule has 0 bridgehead atoms. The summed E-state index contributed by atoms with van der Waals surface area (Å²) in [5, 5.41) is 8.96. The molecule has 112 valence electrons. The summed E-state index contributed by atoms with van der Waals surface area (Å²) in [4.78, 5) is 4.79. The van der Waals surface area contributed by atoms with Crippen LogP contribution in [0.2, 0.25) is 0 Å². The second-order valence-electron chi connectivity index (χ2n) is 5.83. The Bertz CT molecular complexity index is 388. The topological polar surface area (TPSA) is 26.7 Å². The normalized spacial score (nSPS) is 17.8. The fourth-order valence-electron chi connectivity index (χ4n) is 2.94. The third-order valence-electron chi connectivity index (χ3n) is 4.06. The van der Waals surface area contributed by atoms with Crippen molar-refractivity contribution in [2.24, 2.45) is 5.92 Å². The van der Waals surface area contributed by atoms with E-state index in [1.165, 1.54) is 24.9 Å². The van der Waals surface area contributed by atoms with E-state index >= 15 is 0 Å². The van der Waals surface area contributed by atoms with Gasteiger partial charge in [-0.2, -0.15) is 0 Å². The molecule has 1 aliphatic heterocycles. The van der Waals surface area contributed by atoms with E-state index in [-0.39, 0.29) is 6.61 Å². The van der Waals surface area contributed by atoms with Crippen LogP contribution in [0.1, 0.15) is 18.4 Å². The molecule has 0 spiro atoms. The van der Waals surface area contributed by atoms with Crippen LogP contribution in [0.3, 0.4) is 0 Å². The van der Waals surface area contributed by atoms with Crippen LogP contribution >= 0.6 is 15.9 Å². The third-order valence-corrected chi connectivity index (χ3v) is 4.59. The average molecular weight is 341 g/mol. The second-order valence-corrected chi connectivity index (χ2v) is 6.75. The summed E-state index contributed by atoms with van der Waals surface area (Å²) in [6, 6.07) is 8.59. The van der Waals surface area contributed by atoms with Gasteiger partial charge in [0.05, 0.1) is 6.61 Å². The Balaban J connectivity index is 1.72. The monoisotopic (exact) mass is 340 g/mol. The zero-order valence-electron chi connectivity index (χ0n) is 12.3. The first-order valence-corrected chi connectivity index (χ1v) is 8.23. The van der Waals surface area contributed by atoms with Crippen molar-refractivity contribution < 1.29 is 5.11 Å². The summed E-state index contributed by atoms with van der Waals surface area (Å²) in [6.45, 7) is 5.58. The summed E-state index contributed by atoms with van der Waals surface area (Å²) in [7, 11) is 2.21. The van der Waals surface area contributed by atoms with E-state index in [0.29, 0.717) is 0 Å². The molecule has 0 radical (unpaired) electrons. The fraction of sp³-hybridized carbons (Fsp3) is 0.625. The highest BCUT2D eigenvalue weighted by Crippen LogP contribution is 2.19. The third kappa shape index (κ3) is 5.17. The standard InChI is InChI=1S/C16H25BrN2O/c1-18(12-14-2-4-16(17)5-3-14)13-15-6-8-19(9-7-15)10-11-20/h2-5,15,20H,6-13H2,1H3. The number of β-amino-alcohol motifs (C(OH)–C–C–N with tert-alkyl or cyclic N) is 1. The van der Waals surface area contributed by atoms with Crippen LogP contribution in [-0.2, 0) is 6.54 Å². The highest BCUT2D eigenvalue weighted by atomic mass is 79.9. The Hall–Kier alpha value is -0.420. The van der Waals surface area contributed by atoms with Crippen molar-refractivity contribution in [3.05, 3.63) is 34.3 Å². The number of likely N-dealkylation sites (tertiary alicyclic amines) is 1. The van der Waals surface area contributed by atoms with Crippen molar-refractivity contribution in [3.8, 4) is 0 Å². The van der Waals surface area contributed by atoms with Gasteiger partial charge in [-0.3, -0.25) is 0 Å². The molecule has 1 heterocycles. The average Bonchev–Trinajstić information content (AvgIpc) is 2.44. The Morgan fingerprint density at radius 2 is 1.90 bits per heavy atom. The number of benzene rings is 1. The van der Waals surface area contributed by atoms with Gasteiger partial charge in [0, 0.05) is 24.1 Å². The smallest absolute Gasteiger partial charge is 0.0558 e. The Labute approximate surface area is 130 Å². The molecule has 4 heteroatoms. The van der Waals surface area contributed by atoms with E-state index in [0.717, 1.165) is 36.6 Å². The van der Waals surface area contributed by atoms with Crippen LogP contribution in [-0.4, -0.2) is 54.7 Å². The molecule has 1 saturated heterocycles. The lowest BCUT2D eigenvalue weighted by molar-refractivity contribution is 0.129. The van der Waals surface area contributed by atoms with Crippen molar-refractivity contribution in [3.63, 3.8) is 0 Å². The fourth-order valence-corrected chi connectivity index (χ4v) is 3.21. The first-order valence-electron chi connectivity index (χ1n) is 7.43. The van der Waals surface area contributed by atoms with E-state index in [4.69, 9.17) is 5.11 Å². The molecular formula is C16H25BrN2O. The van der Waals surface area contributed by atoms with Crippen molar-refractivity contribution in [2.75, 3.05) is 39.8 Å². The van der Waals surface area contributed by atoms with Gasteiger partial charge < -0.3 is 14.9 Å². The van der Waals surface area contributed by atoms with Gasteiger partial charge in [-0.15, -0.1) is 0 Å². The highest BCUT2D eigenvalue weighted by Gasteiger charge is 2.19. The summed E-state index contributed by atoms with van der Waals surface area (Å²) in [5.74, 6) is 0.797. The Kier molecular flexibility index (Phi) is 6.49. The highest BCUT2D eigenvalue weighted by molar-refractivity contribution is 9.10. The lowest BCUT2D eigenvalue weighted by atomic mass is 9.96. The van der Waals surface area contributed by atoms with Gasteiger partial charge >= 0.3 is 0 Å². The number of aliphatic hydroxyl groups is 1. The molecule has 0 unspecified atom stereocenters. The number of hydrogen-bond donors (Lipinski definition) is 1. The Morgan fingerprint density at radius 1 is 1.25 bits per heavy atom. The Morgan fingerprint density at radius 3 is 2.50 bits per heavy atom. The van der Waals surface area contributed by atoms with E-state index in [1.54, 1.807) is 0 Å². The van der Waals surface area contributed by atoms with Gasteiger partial charge in [-0.1, -0.05) is 28.1 Å². The maximum atomic E-state index is 8.96. The number of piperidine rings is 1. The van der Waals surface area contributed by atoms with Crippen LogP contribution in [0.25, 0.3) is 0 Å². The molecule has 1 aromatic rings. The maximum Gasteiger partial charge on any atom is 0.0558 e. The van der Waals surface area contributed by atoms with Crippen LogP contribution in [0.5, 0.6) is 0 Å². The van der Waals surface area contributed by atoms with Gasteiger partial charge in [-0.05, 0) is 56.6 Å². The molecule has 1 fully saturated rings. The van der Waals surface area contributed by atoms with Crippen LogP contribution in [0.15, 0.2) is 28.7 Å². The SMILES string of the molecule is CN(Cc1ccc(Br)cc1)CC1CCN(CCO)CC1. The summed E-state index contributed by atoms with van der Waals surface area (Å²) in [6.07, 6.45) is 2.51. The molecule has 0 aromatic heterocycles. The van der Waals surface area contributed by atoms with Crippen molar-refractivity contribution in [2.45, 2.75) is 19.4 Å². The minimum absolute atomic E-state index is 0.286. The first kappa shape index (κ1) is 16.0. The minimum atomic E-state index is 0.286. The van der Waals surface area contributed by atoms with Crippen LogP contribution < -0.4 is 0 Å². The van der Waals surface area contributed by atoms with Gasteiger partial charge in [-0.25, -0.2) is 0 Å². The maximum absolute atomic E-state index is 8.96.